The van der Waals surface area contributed by atoms with Gasteiger partial charge in [-0.05, 0) is 73.3 Å². The van der Waals surface area contributed by atoms with Gasteiger partial charge in [-0.3, -0.25) is 24.2 Å². The number of imide groups is 1. The fourth-order valence-electron chi connectivity index (χ4n) is 6.30. The van der Waals surface area contributed by atoms with Crippen LogP contribution in [0, 0.1) is 49.4 Å². The molecule has 7 rings (SSSR count). The predicted molar refractivity (Wildman–Crippen MR) is 121 cm³/mol. The Morgan fingerprint density at radius 1 is 0.938 bits per heavy atom. The van der Waals surface area contributed by atoms with E-state index in [9.17, 15) is 14.4 Å². The second-order valence-electron chi connectivity index (χ2n) is 9.79. The van der Waals surface area contributed by atoms with Crippen molar-refractivity contribution in [1.82, 2.24) is 4.90 Å². The minimum atomic E-state index is -0.256. The van der Waals surface area contributed by atoms with E-state index in [1.807, 2.05) is 50.2 Å². The third kappa shape index (κ3) is 2.73. The number of benzene rings is 2. The molecule has 0 aromatic heterocycles. The van der Waals surface area contributed by atoms with Gasteiger partial charge >= 0.3 is 0 Å². The van der Waals surface area contributed by atoms with Crippen LogP contribution >= 0.6 is 0 Å². The SMILES string of the molecule is Cc1ccc(C)c(N(CN2C(=O)[C@@H]3[C@H]4C=C[C@@H]([C@@H]5C[C@H]45)[C@H]3C2=O)C(=O)c2ccccc2)c1. The Morgan fingerprint density at radius 2 is 1.56 bits per heavy atom. The van der Waals surface area contributed by atoms with Crippen molar-refractivity contribution in [2.24, 2.45) is 35.5 Å². The van der Waals surface area contributed by atoms with E-state index in [2.05, 4.69) is 12.2 Å². The fraction of sp³-hybridized carbons (Fsp3) is 0.370. The van der Waals surface area contributed by atoms with Gasteiger partial charge in [0.1, 0.15) is 6.67 Å². The van der Waals surface area contributed by atoms with E-state index in [1.165, 1.54) is 4.90 Å². The molecule has 2 saturated carbocycles. The molecule has 5 heteroatoms. The summed E-state index contributed by atoms with van der Waals surface area (Å²) in [5.41, 5.74) is 3.22. The molecular formula is C27H26N2O3. The number of likely N-dealkylation sites (tertiary alicyclic amines) is 1. The molecule has 2 bridgehead atoms. The van der Waals surface area contributed by atoms with Crippen molar-refractivity contribution in [1.29, 1.82) is 0 Å². The zero-order valence-corrected chi connectivity index (χ0v) is 18.3. The minimum Gasteiger partial charge on any atom is -0.289 e. The van der Waals surface area contributed by atoms with Gasteiger partial charge in [-0.2, -0.15) is 0 Å². The number of rotatable bonds is 4. The smallest absolute Gasteiger partial charge is 0.259 e. The van der Waals surface area contributed by atoms with Gasteiger partial charge in [0, 0.05) is 11.3 Å². The maximum absolute atomic E-state index is 13.6. The number of aryl methyl sites for hydroxylation is 2. The molecule has 0 N–H and O–H groups in total. The van der Waals surface area contributed by atoms with Crippen LogP contribution in [0.15, 0.2) is 60.7 Å². The molecule has 162 valence electrons. The molecule has 0 radical (unpaired) electrons. The second-order valence-corrected chi connectivity index (χ2v) is 9.79. The summed E-state index contributed by atoms with van der Waals surface area (Å²) in [5, 5.41) is 0. The maximum Gasteiger partial charge on any atom is 0.259 e. The molecule has 1 saturated heterocycles. The molecular weight excluding hydrogens is 400 g/mol. The first-order chi connectivity index (χ1) is 15.5. The highest BCUT2D eigenvalue weighted by molar-refractivity contribution is 6.10. The van der Waals surface area contributed by atoms with E-state index < -0.39 is 0 Å². The number of carbonyl (C=O) groups is 3. The molecule has 3 amide bonds. The minimum absolute atomic E-state index is 0.0442. The molecule has 2 aromatic carbocycles. The highest BCUT2D eigenvalue weighted by Gasteiger charge is 2.67. The monoisotopic (exact) mass is 426 g/mol. The van der Waals surface area contributed by atoms with Crippen LogP contribution in [0.4, 0.5) is 5.69 Å². The van der Waals surface area contributed by atoms with Crippen molar-refractivity contribution in [3.8, 4) is 0 Å². The van der Waals surface area contributed by atoms with Gasteiger partial charge in [0.25, 0.3) is 5.91 Å². The second kappa shape index (κ2) is 6.89. The van der Waals surface area contributed by atoms with Crippen molar-refractivity contribution in [3.63, 3.8) is 0 Å². The van der Waals surface area contributed by atoms with E-state index in [4.69, 9.17) is 0 Å². The van der Waals surface area contributed by atoms with E-state index in [0.717, 1.165) is 23.2 Å². The summed E-state index contributed by atoms with van der Waals surface area (Å²) in [6, 6.07) is 15.0. The van der Waals surface area contributed by atoms with Crippen LogP contribution < -0.4 is 4.90 Å². The van der Waals surface area contributed by atoms with Crippen LogP contribution in [0.5, 0.6) is 0 Å². The first kappa shape index (κ1) is 19.5. The van der Waals surface area contributed by atoms with Gasteiger partial charge in [-0.1, -0.05) is 42.5 Å². The number of amides is 3. The van der Waals surface area contributed by atoms with Gasteiger partial charge in [0.05, 0.1) is 11.8 Å². The summed E-state index contributed by atoms with van der Waals surface area (Å²) >= 11 is 0. The third-order valence-corrected chi connectivity index (χ3v) is 7.96. The summed E-state index contributed by atoms with van der Waals surface area (Å²) < 4.78 is 0. The third-order valence-electron chi connectivity index (χ3n) is 7.96. The maximum atomic E-state index is 13.6. The topological polar surface area (TPSA) is 57.7 Å². The van der Waals surface area contributed by atoms with Gasteiger partial charge in [-0.15, -0.1) is 0 Å². The Morgan fingerprint density at radius 3 is 2.19 bits per heavy atom. The molecule has 1 aliphatic heterocycles. The van der Waals surface area contributed by atoms with E-state index >= 15 is 0 Å². The summed E-state index contributed by atoms with van der Waals surface area (Å²) in [6.07, 6.45) is 5.48. The van der Waals surface area contributed by atoms with Crippen molar-refractivity contribution < 1.29 is 14.4 Å². The van der Waals surface area contributed by atoms with Crippen LogP contribution in [0.2, 0.25) is 0 Å². The predicted octanol–water partition coefficient (Wildman–Crippen LogP) is 3.96. The van der Waals surface area contributed by atoms with Crippen LogP contribution in [0.3, 0.4) is 0 Å². The fourth-order valence-corrected chi connectivity index (χ4v) is 6.30. The molecule has 0 spiro atoms. The zero-order valence-electron chi connectivity index (χ0n) is 18.3. The molecule has 1 heterocycles. The summed E-state index contributed by atoms with van der Waals surface area (Å²) in [5.74, 6) is 0.529. The molecule has 5 nitrogen and oxygen atoms in total. The van der Waals surface area contributed by atoms with Crippen LogP contribution in [0.25, 0.3) is 0 Å². The molecule has 0 unspecified atom stereocenters. The van der Waals surface area contributed by atoms with Crippen molar-refractivity contribution in [3.05, 3.63) is 77.4 Å². The van der Waals surface area contributed by atoms with E-state index in [0.29, 0.717) is 17.4 Å². The average Bonchev–Trinajstić information content (AvgIpc) is 3.59. The molecule has 2 aromatic rings. The molecule has 32 heavy (non-hydrogen) atoms. The van der Waals surface area contributed by atoms with Crippen molar-refractivity contribution in [2.45, 2.75) is 20.3 Å². The first-order valence-electron chi connectivity index (χ1n) is 11.4. The quantitative estimate of drug-likeness (QED) is 0.549. The van der Waals surface area contributed by atoms with Crippen molar-refractivity contribution >= 4 is 23.4 Å². The molecule has 3 fully saturated rings. The Kier molecular flexibility index (Phi) is 4.19. The van der Waals surface area contributed by atoms with Gasteiger partial charge < -0.3 is 0 Å². The van der Waals surface area contributed by atoms with E-state index in [-0.39, 0.29) is 48.1 Å². The first-order valence-corrected chi connectivity index (χ1v) is 11.4. The lowest BCUT2D eigenvalue weighted by molar-refractivity contribution is -0.140. The Labute approximate surface area is 187 Å². The van der Waals surface area contributed by atoms with Gasteiger partial charge in [0.15, 0.2) is 0 Å². The lowest BCUT2D eigenvalue weighted by Crippen LogP contribution is -2.45. The van der Waals surface area contributed by atoms with Crippen molar-refractivity contribution in [2.75, 3.05) is 11.6 Å². The van der Waals surface area contributed by atoms with Gasteiger partial charge in [0.2, 0.25) is 11.8 Å². The van der Waals surface area contributed by atoms with E-state index in [1.54, 1.807) is 17.0 Å². The Bertz CT molecular complexity index is 1130. The number of hydrogen-bond acceptors (Lipinski definition) is 3. The average molecular weight is 427 g/mol. The van der Waals surface area contributed by atoms with Crippen LogP contribution in [0.1, 0.15) is 27.9 Å². The number of nitrogens with zero attached hydrogens (tertiary/aromatic N) is 2. The summed E-state index contributed by atoms with van der Waals surface area (Å²) in [6.45, 7) is 3.88. The largest absolute Gasteiger partial charge is 0.289 e. The van der Waals surface area contributed by atoms with Crippen LogP contribution in [-0.4, -0.2) is 29.3 Å². The number of allylic oxidation sites excluding steroid dienone is 2. The lowest BCUT2D eigenvalue weighted by Gasteiger charge is -2.37. The standard InChI is InChI=1S/C27H26N2O3/c1-15-8-9-16(2)22(12-15)28(25(30)17-6-4-3-5-7-17)14-29-26(31)23-18-10-11-19(21-13-20(18)21)24(23)27(29)32/h3-12,18-21,23-24H,13-14H2,1-2H3/t18-,19-,20-,21+,23+,24+/m0/s1. The normalized spacial score (nSPS) is 31.5. The molecule has 6 atom stereocenters. The number of carbonyl (C=O) groups excluding carboxylic acids is 3. The Balaban J connectivity index is 1.37. The number of anilines is 1. The molecule has 5 aliphatic rings. The van der Waals surface area contributed by atoms with Gasteiger partial charge in [-0.25, -0.2) is 0 Å². The van der Waals surface area contributed by atoms with Crippen LogP contribution in [-0.2, 0) is 9.59 Å². The lowest BCUT2D eigenvalue weighted by atomic mass is 9.63. The highest BCUT2D eigenvalue weighted by Crippen LogP contribution is 2.65. The summed E-state index contributed by atoms with van der Waals surface area (Å²) in [7, 11) is 0. The zero-order chi connectivity index (χ0) is 22.1. The Hall–Kier alpha value is -3.21. The number of hydrogen-bond donors (Lipinski definition) is 0. The molecule has 4 aliphatic carbocycles. The summed E-state index contributed by atoms with van der Waals surface area (Å²) in [4.78, 5) is 43.6. The highest BCUT2D eigenvalue weighted by atomic mass is 16.2.